The molecule has 2 rings (SSSR count). The molecule has 1 aromatic rings. The largest absolute Gasteiger partial charge is 0.497 e. The standard InChI is InChI=1S/C20H31NO3S/c1-14(13-20(2,3)4)9-18(22)21-7-8-25-19(21)15-10-16(23-5)12-17(11-15)24-6/h10-12,14,19H,7-9,13H2,1-6H3/t14-,19+/m0/s1. The molecule has 2 atom stereocenters. The summed E-state index contributed by atoms with van der Waals surface area (Å²) in [5.74, 6) is 3.11. The second-order valence-electron chi connectivity index (χ2n) is 8.03. The van der Waals surface area contributed by atoms with Crippen LogP contribution in [0.3, 0.4) is 0 Å². The lowest BCUT2D eigenvalue weighted by Crippen LogP contribution is -2.32. The molecule has 1 fully saturated rings. The van der Waals surface area contributed by atoms with Gasteiger partial charge in [0.1, 0.15) is 16.9 Å². The Balaban J connectivity index is 2.13. The van der Waals surface area contributed by atoms with Crippen molar-refractivity contribution < 1.29 is 14.3 Å². The van der Waals surface area contributed by atoms with Crippen LogP contribution in [0.1, 0.15) is 51.5 Å². The molecule has 0 radical (unpaired) electrons. The van der Waals surface area contributed by atoms with Crippen LogP contribution in [0.5, 0.6) is 11.5 Å². The highest BCUT2D eigenvalue weighted by molar-refractivity contribution is 7.99. The van der Waals surface area contributed by atoms with Gasteiger partial charge in [0, 0.05) is 24.8 Å². The first-order valence-corrected chi connectivity index (χ1v) is 9.92. The summed E-state index contributed by atoms with van der Waals surface area (Å²) in [6, 6.07) is 5.87. The zero-order valence-corrected chi connectivity index (χ0v) is 17.1. The molecule has 4 nitrogen and oxygen atoms in total. The third-order valence-electron chi connectivity index (χ3n) is 4.35. The Hall–Kier alpha value is -1.36. The number of benzene rings is 1. The van der Waals surface area contributed by atoms with Gasteiger partial charge in [-0.1, -0.05) is 27.7 Å². The molecule has 0 bridgehead atoms. The summed E-state index contributed by atoms with van der Waals surface area (Å²) in [5.41, 5.74) is 1.31. The summed E-state index contributed by atoms with van der Waals surface area (Å²) in [5, 5.41) is 0.0401. The van der Waals surface area contributed by atoms with Crippen molar-refractivity contribution >= 4 is 17.7 Å². The Morgan fingerprint density at radius 3 is 2.36 bits per heavy atom. The number of methoxy groups -OCH3 is 2. The van der Waals surface area contributed by atoms with Crippen LogP contribution in [-0.4, -0.2) is 37.3 Å². The van der Waals surface area contributed by atoms with Crippen molar-refractivity contribution in [2.45, 2.75) is 45.9 Å². The first kappa shape index (κ1) is 20.0. The van der Waals surface area contributed by atoms with Gasteiger partial charge < -0.3 is 14.4 Å². The zero-order chi connectivity index (χ0) is 18.6. The number of thioether (sulfide) groups is 1. The van der Waals surface area contributed by atoms with E-state index in [1.807, 2.05) is 23.1 Å². The maximum absolute atomic E-state index is 12.9. The number of rotatable bonds is 6. The minimum atomic E-state index is 0.0401. The van der Waals surface area contributed by atoms with Gasteiger partial charge in [-0.2, -0.15) is 0 Å². The fraction of sp³-hybridized carbons (Fsp3) is 0.650. The fourth-order valence-corrected chi connectivity index (χ4v) is 4.76. The average molecular weight is 366 g/mol. The highest BCUT2D eigenvalue weighted by Crippen LogP contribution is 2.41. The van der Waals surface area contributed by atoms with E-state index in [2.05, 4.69) is 27.7 Å². The molecule has 25 heavy (non-hydrogen) atoms. The van der Waals surface area contributed by atoms with E-state index in [1.54, 1.807) is 26.0 Å². The van der Waals surface area contributed by atoms with Crippen molar-refractivity contribution in [1.82, 2.24) is 4.90 Å². The number of hydrogen-bond donors (Lipinski definition) is 0. The number of carbonyl (C=O) groups excluding carboxylic acids is 1. The molecule has 0 saturated carbocycles. The lowest BCUT2D eigenvalue weighted by molar-refractivity contribution is -0.132. The van der Waals surface area contributed by atoms with Gasteiger partial charge in [-0.25, -0.2) is 0 Å². The van der Waals surface area contributed by atoms with Crippen LogP contribution >= 0.6 is 11.8 Å². The van der Waals surface area contributed by atoms with Crippen molar-refractivity contribution in [3.05, 3.63) is 23.8 Å². The maximum atomic E-state index is 12.9. The topological polar surface area (TPSA) is 38.8 Å². The van der Waals surface area contributed by atoms with Gasteiger partial charge in [-0.05, 0) is 35.4 Å². The number of nitrogens with zero attached hydrogens (tertiary/aromatic N) is 1. The van der Waals surface area contributed by atoms with Gasteiger partial charge in [0.25, 0.3) is 0 Å². The molecule has 0 spiro atoms. The van der Waals surface area contributed by atoms with E-state index in [9.17, 15) is 4.79 Å². The Morgan fingerprint density at radius 1 is 1.24 bits per heavy atom. The summed E-state index contributed by atoms with van der Waals surface area (Å²) < 4.78 is 10.8. The van der Waals surface area contributed by atoms with Crippen molar-refractivity contribution in [3.63, 3.8) is 0 Å². The van der Waals surface area contributed by atoms with Crippen LogP contribution in [-0.2, 0) is 4.79 Å². The van der Waals surface area contributed by atoms with E-state index in [4.69, 9.17) is 9.47 Å². The summed E-state index contributed by atoms with van der Waals surface area (Å²) >= 11 is 1.80. The molecule has 0 unspecified atom stereocenters. The van der Waals surface area contributed by atoms with Crippen LogP contribution < -0.4 is 9.47 Å². The predicted molar refractivity (Wildman–Crippen MR) is 104 cm³/mol. The zero-order valence-electron chi connectivity index (χ0n) is 16.3. The smallest absolute Gasteiger partial charge is 0.224 e. The summed E-state index contributed by atoms with van der Waals surface area (Å²) in [6.45, 7) is 9.66. The molecule has 1 aliphatic rings. The summed E-state index contributed by atoms with van der Waals surface area (Å²) in [4.78, 5) is 14.9. The first-order valence-electron chi connectivity index (χ1n) is 8.87. The van der Waals surface area contributed by atoms with Crippen LogP contribution in [0.25, 0.3) is 0 Å². The number of carbonyl (C=O) groups is 1. The first-order chi connectivity index (χ1) is 11.7. The van der Waals surface area contributed by atoms with Crippen molar-refractivity contribution in [2.24, 2.45) is 11.3 Å². The van der Waals surface area contributed by atoms with Gasteiger partial charge >= 0.3 is 0 Å². The Morgan fingerprint density at radius 2 is 1.84 bits per heavy atom. The lowest BCUT2D eigenvalue weighted by atomic mass is 9.84. The average Bonchev–Trinajstić information content (AvgIpc) is 3.02. The molecule has 1 heterocycles. The second kappa shape index (κ2) is 8.35. The normalized spacial score (nSPS) is 19.0. The van der Waals surface area contributed by atoms with Crippen molar-refractivity contribution in [1.29, 1.82) is 0 Å². The second-order valence-corrected chi connectivity index (χ2v) is 9.22. The molecule has 1 amide bonds. The quantitative estimate of drug-likeness (QED) is 0.730. The van der Waals surface area contributed by atoms with Gasteiger partial charge in [-0.3, -0.25) is 4.79 Å². The molecule has 0 N–H and O–H groups in total. The molecule has 1 aromatic carbocycles. The molecule has 140 valence electrons. The molecule has 0 aromatic heterocycles. The number of hydrogen-bond acceptors (Lipinski definition) is 4. The summed E-state index contributed by atoms with van der Waals surface area (Å²) in [7, 11) is 3.30. The molecule has 1 aliphatic heterocycles. The molecular formula is C20H31NO3S. The third-order valence-corrected chi connectivity index (χ3v) is 5.61. The Kier molecular flexibility index (Phi) is 6.66. The minimum Gasteiger partial charge on any atom is -0.497 e. The molecular weight excluding hydrogens is 334 g/mol. The van der Waals surface area contributed by atoms with E-state index >= 15 is 0 Å². The van der Waals surface area contributed by atoms with Crippen LogP contribution in [0.15, 0.2) is 18.2 Å². The SMILES string of the molecule is COc1cc(OC)cc([C@H]2SCCN2C(=O)C[C@H](C)CC(C)(C)C)c1. The minimum absolute atomic E-state index is 0.0401. The van der Waals surface area contributed by atoms with E-state index in [-0.39, 0.29) is 16.7 Å². The highest BCUT2D eigenvalue weighted by Gasteiger charge is 2.32. The molecule has 5 heteroatoms. The van der Waals surface area contributed by atoms with E-state index in [0.717, 1.165) is 35.8 Å². The van der Waals surface area contributed by atoms with E-state index < -0.39 is 0 Å². The van der Waals surface area contributed by atoms with Gasteiger partial charge in [-0.15, -0.1) is 11.8 Å². The number of amides is 1. The third kappa shape index (κ3) is 5.56. The summed E-state index contributed by atoms with van der Waals surface area (Å²) in [6.07, 6.45) is 1.66. The van der Waals surface area contributed by atoms with Crippen LogP contribution in [0.2, 0.25) is 0 Å². The predicted octanol–water partition coefficient (Wildman–Crippen LogP) is 4.74. The maximum Gasteiger partial charge on any atom is 0.224 e. The fourth-order valence-electron chi connectivity index (χ4n) is 3.51. The monoisotopic (exact) mass is 365 g/mol. The molecule has 1 saturated heterocycles. The van der Waals surface area contributed by atoms with E-state index in [1.165, 1.54) is 0 Å². The van der Waals surface area contributed by atoms with Gasteiger partial charge in [0.05, 0.1) is 14.2 Å². The Labute approximate surface area is 156 Å². The van der Waals surface area contributed by atoms with Gasteiger partial charge in [0.15, 0.2) is 0 Å². The van der Waals surface area contributed by atoms with Crippen molar-refractivity contribution in [3.8, 4) is 11.5 Å². The highest BCUT2D eigenvalue weighted by atomic mass is 32.2. The van der Waals surface area contributed by atoms with Crippen LogP contribution in [0, 0.1) is 11.3 Å². The lowest BCUT2D eigenvalue weighted by Gasteiger charge is -2.28. The van der Waals surface area contributed by atoms with Crippen LogP contribution in [0.4, 0.5) is 0 Å². The van der Waals surface area contributed by atoms with E-state index in [0.29, 0.717) is 12.3 Å². The molecule has 0 aliphatic carbocycles. The Bertz CT molecular complexity index is 575. The van der Waals surface area contributed by atoms with Gasteiger partial charge in [0.2, 0.25) is 5.91 Å². The van der Waals surface area contributed by atoms with Crippen molar-refractivity contribution in [2.75, 3.05) is 26.5 Å². The number of ether oxygens (including phenoxy) is 2.